The summed E-state index contributed by atoms with van der Waals surface area (Å²) in [6.07, 6.45) is 4.67. The third-order valence-electron chi connectivity index (χ3n) is 7.99. The molecule has 8 nitrogen and oxygen atoms in total. The van der Waals surface area contributed by atoms with E-state index >= 15 is 0 Å². The molecule has 1 aliphatic carbocycles. The average Bonchev–Trinajstić information content (AvgIpc) is 3.59. The van der Waals surface area contributed by atoms with Crippen LogP contribution in [-0.2, 0) is 28.3 Å². The number of nitrogens with zero attached hydrogens (tertiary/aromatic N) is 2. The number of cyclic esters (lactones) is 1. The molecule has 34 heavy (non-hydrogen) atoms. The van der Waals surface area contributed by atoms with Gasteiger partial charge in [0.15, 0.2) is 17.1 Å². The van der Waals surface area contributed by atoms with E-state index in [0.29, 0.717) is 35.0 Å². The highest BCUT2D eigenvalue weighted by Gasteiger charge is 2.45. The van der Waals surface area contributed by atoms with E-state index in [0.717, 1.165) is 40.8 Å². The fourth-order valence-electron chi connectivity index (χ4n) is 6.18. The third-order valence-corrected chi connectivity index (χ3v) is 7.99. The Morgan fingerprint density at radius 3 is 2.62 bits per heavy atom. The number of benzene rings is 1. The molecule has 1 atom stereocenters. The van der Waals surface area contributed by atoms with Crippen LogP contribution in [0.15, 0.2) is 23.0 Å². The molecule has 1 N–H and O–H groups in total. The van der Waals surface area contributed by atoms with E-state index in [4.69, 9.17) is 19.2 Å². The first-order valence-corrected chi connectivity index (χ1v) is 11.9. The number of aliphatic hydroxyl groups is 1. The van der Waals surface area contributed by atoms with Crippen LogP contribution in [0.4, 0.5) is 0 Å². The summed E-state index contributed by atoms with van der Waals surface area (Å²) in [6, 6.07) is 5.71. The number of hydrogen-bond acceptors (Lipinski definition) is 7. The first-order valence-electron chi connectivity index (χ1n) is 11.9. The Bertz CT molecular complexity index is 1470. The predicted molar refractivity (Wildman–Crippen MR) is 122 cm³/mol. The van der Waals surface area contributed by atoms with E-state index in [-0.39, 0.29) is 25.4 Å². The minimum absolute atomic E-state index is 0.122. The number of fused-ring (bicyclic) bond motifs is 6. The van der Waals surface area contributed by atoms with Gasteiger partial charge in [0, 0.05) is 22.6 Å². The second-order valence-electron chi connectivity index (χ2n) is 9.66. The SMILES string of the molecule is CC[C@@]1(O)C(=O)OCc2c1cc1n(c2=O)Cc2c-1nc1cc3c(cc1c2C1CCCC1)OCO3. The lowest BCUT2D eigenvalue weighted by molar-refractivity contribution is -0.172. The van der Waals surface area contributed by atoms with Crippen molar-refractivity contribution >= 4 is 16.9 Å². The van der Waals surface area contributed by atoms with Crippen molar-refractivity contribution in [3.63, 3.8) is 0 Å². The summed E-state index contributed by atoms with van der Waals surface area (Å²) in [6.45, 7) is 2.19. The molecule has 5 heterocycles. The smallest absolute Gasteiger partial charge is 0.343 e. The molecule has 4 aliphatic rings. The van der Waals surface area contributed by atoms with E-state index in [1.807, 2.05) is 12.1 Å². The highest BCUT2D eigenvalue weighted by Crippen LogP contribution is 2.47. The van der Waals surface area contributed by atoms with Gasteiger partial charge in [-0.1, -0.05) is 19.8 Å². The number of carbonyl (C=O) groups excluding carboxylic acids is 1. The van der Waals surface area contributed by atoms with Crippen molar-refractivity contribution in [3.8, 4) is 22.9 Å². The lowest BCUT2D eigenvalue weighted by Crippen LogP contribution is -2.44. The van der Waals surface area contributed by atoms with Crippen LogP contribution < -0.4 is 15.0 Å². The van der Waals surface area contributed by atoms with Gasteiger partial charge < -0.3 is 23.9 Å². The lowest BCUT2D eigenvalue weighted by atomic mass is 9.85. The van der Waals surface area contributed by atoms with Crippen LogP contribution in [0.25, 0.3) is 22.3 Å². The van der Waals surface area contributed by atoms with Gasteiger partial charge >= 0.3 is 5.97 Å². The van der Waals surface area contributed by atoms with Gasteiger partial charge in [0.25, 0.3) is 5.56 Å². The fraction of sp³-hybridized carbons (Fsp3) is 0.423. The van der Waals surface area contributed by atoms with Crippen LogP contribution in [0.5, 0.6) is 11.5 Å². The summed E-state index contributed by atoms with van der Waals surface area (Å²) in [5, 5.41) is 12.2. The fourth-order valence-corrected chi connectivity index (χ4v) is 6.18. The number of carbonyl (C=O) groups is 1. The van der Waals surface area contributed by atoms with Gasteiger partial charge in [0.2, 0.25) is 6.79 Å². The molecular formula is C26H24N2O6. The van der Waals surface area contributed by atoms with Gasteiger partial charge in [-0.15, -0.1) is 0 Å². The van der Waals surface area contributed by atoms with Crippen molar-refractivity contribution in [3.05, 3.63) is 50.8 Å². The minimum Gasteiger partial charge on any atom is -0.458 e. The van der Waals surface area contributed by atoms with Gasteiger partial charge in [0.1, 0.15) is 6.61 Å². The summed E-state index contributed by atoms with van der Waals surface area (Å²) < 4.78 is 18.2. The largest absolute Gasteiger partial charge is 0.458 e. The molecule has 0 amide bonds. The van der Waals surface area contributed by atoms with Crippen LogP contribution in [0, 0.1) is 0 Å². The molecule has 2 aromatic heterocycles. The second-order valence-corrected chi connectivity index (χ2v) is 9.66. The molecule has 174 valence electrons. The van der Waals surface area contributed by atoms with E-state index in [2.05, 4.69) is 0 Å². The molecule has 0 bridgehead atoms. The summed E-state index contributed by atoms with van der Waals surface area (Å²) in [4.78, 5) is 31.0. The van der Waals surface area contributed by atoms with E-state index in [9.17, 15) is 14.7 Å². The van der Waals surface area contributed by atoms with Crippen LogP contribution in [0.1, 0.15) is 67.2 Å². The van der Waals surface area contributed by atoms with Gasteiger partial charge in [-0.05, 0) is 42.9 Å². The highest BCUT2D eigenvalue weighted by molar-refractivity contribution is 5.91. The number of hydrogen-bond donors (Lipinski definition) is 1. The number of ether oxygens (including phenoxy) is 3. The molecule has 1 saturated carbocycles. The summed E-state index contributed by atoms with van der Waals surface area (Å²) in [5.74, 6) is 1.06. The standard InChI is InChI=1S/C26H24N2O6/c1-2-26(31)17-8-19-23-15(10-28(19)24(29)16(17)11-32-25(26)30)22(13-5-3-4-6-13)14-7-20-21(34-12-33-20)9-18(14)27-23/h7-9,13,31H,2-6,10-12H2,1H3/t26-/m0/s1. The van der Waals surface area contributed by atoms with Gasteiger partial charge in [-0.25, -0.2) is 9.78 Å². The Morgan fingerprint density at radius 2 is 1.85 bits per heavy atom. The number of esters is 1. The zero-order valence-electron chi connectivity index (χ0n) is 18.8. The Labute approximate surface area is 195 Å². The van der Waals surface area contributed by atoms with Gasteiger partial charge in [-0.2, -0.15) is 0 Å². The molecule has 1 aromatic carbocycles. The van der Waals surface area contributed by atoms with Crippen molar-refractivity contribution in [2.45, 2.75) is 63.7 Å². The number of rotatable bonds is 2. The molecule has 7 rings (SSSR count). The minimum atomic E-state index is -1.83. The molecular weight excluding hydrogens is 436 g/mol. The van der Waals surface area contributed by atoms with Crippen LogP contribution in [0.2, 0.25) is 0 Å². The summed E-state index contributed by atoms with van der Waals surface area (Å²) >= 11 is 0. The van der Waals surface area contributed by atoms with Crippen molar-refractivity contribution in [1.29, 1.82) is 0 Å². The zero-order valence-corrected chi connectivity index (χ0v) is 18.8. The van der Waals surface area contributed by atoms with Gasteiger partial charge in [-0.3, -0.25) is 4.79 Å². The first-order chi connectivity index (χ1) is 16.5. The molecule has 0 saturated heterocycles. The monoisotopic (exact) mass is 460 g/mol. The van der Waals surface area contributed by atoms with Crippen LogP contribution in [0.3, 0.4) is 0 Å². The van der Waals surface area contributed by atoms with Crippen molar-refractivity contribution in [1.82, 2.24) is 9.55 Å². The molecule has 1 fully saturated rings. The number of aromatic nitrogens is 2. The topological polar surface area (TPSA) is 99.9 Å². The zero-order chi connectivity index (χ0) is 23.2. The van der Waals surface area contributed by atoms with E-state index < -0.39 is 11.6 Å². The second kappa shape index (κ2) is 6.82. The maximum absolute atomic E-state index is 13.6. The first kappa shape index (κ1) is 20.0. The number of pyridine rings is 2. The average molecular weight is 460 g/mol. The molecule has 8 heteroatoms. The Hall–Kier alpha value is -3.39. The van der Waals surface area contributed by atoms with E-state index in [1.54, 1.807) is 17.6 Å². The van der Waals surface area contributed by atoms with Crippen LogP contribution in [-0.4, -0.2) is 27.4 Å². The van der Waals surface area contributed by atoms with Crippen molar-refractivity contribution in [2.75, 3.05) is 6.79 Å². The summed E-state index contributed by atoms with van der Waals surface area (Å²) in [5.41, 5.74) is 3.07. The molecule has 0 spiro atoms. The highest BCUT2D eigenvalue weighted by atomic mass is 16.7. The summed E-state index contributed by atoms with van der Waals surface area (Å²) in [7, 11) is 0. The Balaban J connectivity index is 1.52. The Morgan fingerprint density at radius 1 is 1.09 bits per heavy atom. The normalized spacial score (nSPS) is 22.6. The third kappa shape index (κ3) is 2.49. The molecule has 3 aromatic rings. The predicted octanol–water partition coefficient (Wildman–Crippen LogP) is 3.47. The molecule has 3 aliphatic heterocycles. The molecule has 0 unspecified atom stereocenters. The Kier molecular flexibility index (Phi) is 4.02. The van der Waals surface area contributed by atoms with E-state index in [1.165, 1.54) is 18.4 Å². The maximum Gasteiger partial charge on any atom is 0.343 e. The maximum atomic E-state index is 13.6. The quantitative estimate of drug-likeness (QED) is 0.457. The van der Waals surface area contributed by atoms with Crippen molar-refractivity contribution < 1.29 is 24.1 Å². The van der Waals surface area contributed by atoms with Gasteiger partial charge in [0.05, 0.1) is 29.0 Å². The lowest BCUT2D eigenvalue weighted by Gasteiger charge is -2.31. The van der Waals surface area contributed by atoms with Crippen molar-refractivity contribution in [2.24, 2.45) is 0 Å². The molecule has 0 radical (unpaired) electrons. The van der Waals surface area contributed by atoms with Crippen LogP contribution >= 0.6 is 0 Å².